The third kappa shape index (κ3) is 4.01. The maximum absolute atomic E-state index is 13.5. The van der Waals surface area contributed by atoms with Gasteiger partial charge < -0.3 is 4.90 Å². The summed E-state index contributed by atoms with van der Waals surface area (Å²) in [4.78, 5) is 30.0. The molecule has 3 aromatic carbocycles. The Bertz CT molecular complexity index is 1310. The summed E-state index contributed by atoms with van der Waals surface area (Å²) in [6, 6.07) is 19.5. The van der Waals surface area contributed by atoms with Crippen molar-refractivity contribution in [1.82, 2.24) is 5.32 Å². The third-order valence-corrected chi connectivity index (χ3v) is 6.63. The van der Waals surface area contributed by atoms with Crippen molar-refractivity contribution in [2.45, 2.75) is 12.8 Å². The average molecular weight is 476 g/mol. The number of carbonyl (C=O) groups excluding carboxylic acids is 2. The normalized spacial score (nSPS) is 17.1. The number of rotatable bonds is 5. The lowest BCUT2D eigenvalue weighted by Crippen LogP contribution is -2.54. The summed E-state index contributed by atoms with van der Waals surface area (Å²) in [6.45, 7) is 1.88. The molecule has 0 saturated carbocycles. The van der Waals surface area contributed by atoms with Crippen molar-refractivity contribution in [1.29, 1.82) is 0 Å². The highest BCUT2D eigenvalue weighted by atomic mass is 35.5. The zero-order valence-electron chi connectivity index (χ0n) is 17.9. The second kappa shape index (κ2) is 8.96. The minimum absolute atomic E-state index is 0.0634. The number of carbonyl (C=O) groups is 2. The molecule has 7 heteroatoms. The number of amides is 2. The maximum atomic E-state index is 13.5. The van der Waals surface area contributed by atoms with Crippen molar-refractivity contribution in [2.24, 2.45) is 0 Å². The molecule has 166 valence electrons. The molecule has 1 N–H and O–H groups in total. The van der Waals surface area contributed by atoms with Crippen LogP contribution in [0.4, 0.5) is 11.4 Å². The van der Waals surface area contributed by atoms with E-state index in [1.165, 1.54) is 16.2 Å². The standard InChI is InChI=1S/C26H22ClN3O2S/c27-12-4-13-29-14-11-19-15-17(9-10-22(19)29)16-21-24(31)28-26(33)30(25(21)32)23-8-3-6-18-5-1-2-7-20(18)23/h1-3,5-10,15-16H,4,11-14H2,(H,28,31,33). The molecule has 0 atom stereocenters. The van der Waals surface area contributed by atoms with Gasteiger partial charge in [-0.3, -0.25) is 19.8 Å². The van der Waals surface area contributed by atoms with Gasteiger partial charge in [0.25, 0.3) is 11.8 Å². The second-order valence-corrected chi connectivity index (χ2v) is 8.89. The van der Waals surface area contributed by atoms with Crippen LogP contribution < -0.4 is 15.1 Å². The van der Waals surface area contributed by atoms with Gasteiger partial charge in [0, 0.05) is 30.0 Å². The van der Waals surface area contributed by atoms with Crippen molar-refractivity contribution >= 4 is 69.0 Å². The number of nitrogens with zero attached hydrogens (tertiary/aromatic N) is 2. The Balaban J connectivity index is 1.49. The summed E-state index contributed by atoms with van der Waals surface area (Å²) < 4.78 is 0. The van der Waals surface area contributed by atoms with E-state index in [0.717, 1.165) is 42.3 Å². The molecular formula is C26H22ClN3O2S. The van der Waals surface area contributed by atoms with Gasteiger partial charge in [0.05, 0.1) is 5.69 Å². The number of fused-ring (bicyclic) bond motifs is 2. The number of halogens is 1. The number of alkyl halides is 1. The summed E-state index contributed by atoms with van der Waals surface area (Å²) in [6.07, 6.45) is 3.52. The van der Waals surface area contributed by atoms with Crippen LogP contribution in [0.25, 0.3) is 16.8 Å². The van der Waals surface area contributed by atoms with Gasteiger partial charge in [0.2, 0.25) is 0 Å². The van der Waals surface area contributed by atoms with Crippen LogP contribution in [-0.2, 0) is 16.0 Å². The Labute approximate surface area is 202 Å². The van der Waals surface area contributed by atoms with E-state index in [2.05, 4.69) is 22.3 Å². The smallest absolute Gasteiger partial charge is 0.270 e. The first-order chi connectivity index (χ1) is 16.1. The van der Waals surface area contributed by atoms with Crippen molar-refractivity contribution in [2.75, 3.05) is 28.8 Å². The molecule has 0 spiro atoms. The minimum Gasteiger partial charge on any atom is -0.371 e. The van der Waals surface area contributed by atoms with E-state index >= 15 is 0 Å². The van der Waals surface area contributed by atoms with Crippen LogP contribution in [0.5, 0.6) is 0 Å². The number of thiocarbonyl (C=S) groups is 1. The second-order valence-electron chi connectivity index (χ2n) is 8.12. The first-order valence-corrected chi connectivity index (χ1v) is 11.8. The van der Waals surface area contributed by atoms with Crippen LogP contribution in [-0.4, -0.2) is 35.9 Å². The zero-order chi connectivity index (χ0) is 22.9. The number of hydrogen-bond donors (Lipinski definition) is 1. The molecule has 2 aliphatic heterocycles. The molecule has 0 radical (unpaired) electrons. The van der Waals surface area contributed by atoms with Crippen LogP contribution >= 0.6 is 23.8 Å². The molecule has 0 bridgehead atoms. The van der Waals surface area contributed by atoms with Crippen molar-refractivity contribution in [3.05, 3.63) is 77.4 Å². The molecule has 1 saturated heterocycles. The quantitative estimate of drug-likeness (QED) is 0.252. The van der Waals surface area contributed by atoms with Gasteiger partial charge in [0.15, 0.2) is 5.11 Å². The van der Waals surface area contributed by atoms with Crippen LogP contribution in [0.3, 0.4) is 0 Å². The number of anilines is 2. The Kier molecular flexibility index (Phi) is 5.87. The molecule has 3 aromatic rings. The van der Waals surface area contributed by atoms with Gasteiger partial charge in [-0.2, -0.15) is 0 Å². The topological polar surface area (TPSA) is 52.7 Å². The number of benzene rings is 3. The SMILES string of the molecule is O=C1NC(=S)N(c2cccc3ccccc23)C(=O)C1=Cc1ccc2c(c1)CCN2CCCCl. The predicted octanol–water partition coefficient (Wildman–Crippen LogP) is 4.66. The Morgan fingerprint density at radius 1 is 1.03 bits per heavy atom. The summed E-state index contributed by atoms with van der Waals surface area (Å²) in [5.74, 6) is -0.266. The number of hydrogen-bond acceptors (Lipinski definition) is 4. The zero-order valence-corrected chi connectivity index (χ0v) is 19.5. The fourth-order valence-corrected chi connectivity index (χ4v) is 4.90. The summed E-state index contributed by atoms with van der Waals surface area (Å²) in [5.41, 5.74) is 3.94. The van der Waals surface area contributed by atoms with Crippen molar-refractivity contribution < 1.29 is 9.59 Å². The molecule has 2 heterocycles. The van der Waals surface area contributed by atoms with E-state index in [1.807, 2.05) is 48.5 Å². The third-order valence-electron chi connectivity index (χ3n) is 6.08. The van der Waals surface area contributed by atoms with E-state index in [1.54, 1.807) is 6.08 Å². The van der Waals surface area contributed by atoms with Gasteiger partial charge in [-0.15, -0.1) is 11.6 Å². The summed E-state index contributed by atoms with van der Waals surface area (Å²) >= 11 is 11.2. The molecule has 2 amide bonds. The van der Waals surface area contributed by atoms with E-state index in [0.29, 0.717) is 11.6 Å². The largest absolute Gasteiger partial charge is 0.371 e. The molecule has 5 nitrogen and oxygen atoms in total. The van der Waals surface area contributed by atoms with Crippen LogP contribution in [0.15, 0.2) is 66.2 Å². The molecule has 1 fully saturated rings. The molecular weight excluding hydrogens is 454 g/mol. The molecule has 0 unspecified atom stereocenters. The van der Waals surface area contributed by atoms with E-state index < -0.39 is 11.8 Å². The molecule has 5 rings (SSSR count). The fraction of sp³-hybridized carbons (Fsp3) is 0.192. The van der Waals surface area contributed by atoms with Gasteiger partial charge in [-0.05, 0) is 65.8 Å². The Hall–Kier alpha value is -3.22. The van der Waals surface area contributed by atoms with Gasteiger partial charge in [0.1, 0.15) is 5.57 Å². The summed E-state index contributed by atoms with van der Waals surface area (Å²) in [7, 11) is 0. The van der Waals surface area contributed by atoms with E-state index in [4.69, 9.17) is 23.8 Å². The van der Waals surface area contributed by atoms with Crippen molar-refractivity contribution in [3.8, 4) is 0 Å². The minimum atomic E-state index is -0.481. The lowest BCUT2D eigenvalue weighted by Gasteiger charge is -2.29. The first kappa shape index (κ1) is 21.6. The Morgan fingerprint density at radius 3 is 2.70 bits per heavy atom. The van der Waals surface area contributed by atoms with Crippen LogP contribution in [0.1, 0.15) is 17.5 Å². The predicted molar refractivity (Wildman–Crippen MR) is 138 cm³/mol. The lowest BCUT2D eigenvalue weighted by atomic mass is 10.0. The fourth-order valence-electron chi connectivity index (χ4n) is 4.51. The van der Waals surface area contributed by atoms with Gasteiger partial charge in [-0.1, -0.05) is 42.5 Å². The van der Waals surface area contributed by atoms with Gasteiger partial charge >= 0.3 is 0 Å². The highest BCUT2D eigenvalue weighted by Crippen LogP contribution is 2.32. The Morgan fingerprint density at radius 2 is 1.85 bits per heavy atom. The maximum Gasteiger partial charge on any atom is 0.270 e. The highest BCUT2D eigenvalue weighted by molar-refractivity contribution is 7.80. The highest BCUT2D eigenvalue weighted by Gasteiger charge is 2.35. The first-order valence-electron chi connectivity index (χ1n) is 10.9. The molecule has 2 aliphatic rings. The molecule has 0 aliphatic carbocycles. The molecule has 0 aromatic heterocycles. The summed E-state index contributed by atoms with van der Waals surface area (Å²) in [5, 5.41) is 4.65. The van der Waals surface area contributed by atoms with Gasteiger partial charge in [-0.25, -0.2) is 0 Å². The number of nitrogens with one attached hydrogen (secondary N) is 1. The van der Waals surface area contributed by atoms with Crippen molar-refractivity contribution in [3.63, 3.8) is 0 Å². The monoisotopic (exact) mass is 475 g/mol. The van der Waals surface area contributed by atoms with E-state index in [-0.39, 0.29) is 10.7 Å². The van der Waals surface area contributed by atoms with Crippen LogP contribution in [0.2, 0.25) is 0 Å². The van der Waals surface area contributed by atoms with E-state index in [9.17, 15) is 9.59 Å². The van der Waals surface area contributed by atoms with Crippen LogP contribution in [0, 0.1) is 0 Å². The molecule has 33 heavy (non-hydrogen) atoms. The average Bonchev–Trinajstić information content (AvgIpc) is 3.22. The lowest BCUT2D eigenvalue weighted by molar-refractivity contribution is -0.122.